The third-order valence-corrected chi connectivity index (χ3v) is 9.96. The van der Waals surface area contributed by atoms with E-state index < -0.39 is 0 Å². The van der Waals surface area contributed by atoms with Crippen LogP contribution in [-0.4, -0.2) is 48.5 Å². The standard InChI is InChI=1S/C25H41NO2/c1-24-11-9-19(28-16-15-26-13-3-4-14-26)17-18(24)5-6-20-21-7-8-23(27)25(21,2)12-10-22(20)24/h17,19-23,27H,3-16H2,1-2H3. The first-order valence-corrected chi connectivity index (χ1v) is 12.2. The minimum absolute atomic E-state index is 0.0528. The summed E-state index contributed by atoms with van der Waals surface area (Å²) in [6, 6.07) is 0. The van der Waals surface area contributed by atoms with Crippen LogP contribution in [0.25, 0.3) is 0 Å². The number of hydrogen-bond donors (Lipinski definition) is 1. The number of allylic oxidation sites excluding steroid dienone is 1. The van der Waals surface area contributed by atoms with Crippen LogP contribution in [0.15, 0.2) is 11.6 Å². The summed E-state index contributed by atoms with van der Waals surface area (Å²) in [4.78, 5) is 2.56. The molecule has 0 aromatic rings. The SMILES string of the molecule is CC12CCC(OCCN3CCCC3)C=C1CCC1C2CCC2(C)C(O)CCC12. The summed E-state index contributed by atoms with van der Waals surface area (Å²) in [6.07, 6.45) is 15.6. The van der Waals surface area contributed by atoms with Gasteiger partial charge in [0.2, 0.25) is 0 Å². The molecule has 7 atom stereocenters. The van der Waals surface area contributed by atoms with Crippen LogP contribution in [0.4, 0.5) is 0 Å². The topological polar surface area (TPSA) is 32.7 Å². The van der Waals surface area contributed by atoms with Gasteiger partial charge in [0.25, 0.3) is 0 Å². The fraction of sp³-hybridized carbons (Fsp3) is 0.920. The summed E-state index contributed by atoms with van der Waals surface area (Å²) in [5.41, 5.74) is 2.31. The smallest absolute Gasteiger partial charge is 0.0759 e. The van der Waals surface area contributed by atoms with Crippen molar-refractivity contribution >= 4 is 0 Å². The van der Waals surface area contributed by atoms with Crippen molar-refractivity contribution in [2.24, 2.45) is 28.6 Å². The van der Waals surface area contributed by atoms with Gasteiger partial charge in [-0.1, -0.05) is 25.5 Å². The average Bonchev–Trinajstić information content (AvgIpc) is 3.30. The lowest BCUT2D eigenvalue weighted by molar-refractivity contribution is -0.0781. The molecule has 4 aliphatic carbocycles. The molecule has 1 heterocycles. The lowest BCUT2D eigenvalue weighted by Gasteiger charge is -2.58. The van der Waals surface area contributed by atoms with Gasteiger partial charge in [-0.15, -0.1) is 0 Å². The van der Waals surface area contributed by atoms with E-state index in [2.05, 4.69) is 24.8 Å². The molecule has 1 saturated heterocycles. The van der Waals surface area contributed by atoms with Gasteiger partial charge in [-0.3, -0.25) is 0 Å². The number of aliphatic hydroxyl groups excluding tert-OH is 1. The van der Waals surface area contributed by atoms with E-state index in [0.29, 0.717) is 11.5 Å². The van der Waals surface area contributed by atoms with Crippen LogP contribution < -0.4 is 0 Å². The highest BCUT2D eigenvalue weighted by atomic mass is 16.5. The monoisotopic (exact) mass is 387 g/mol. The number of fused-ring (bicyclic) bond motifs is 5. The molecule has 1 aliphatic heterocycles. The number of rotatable bonds is 4. The zero-order valence-corrected chi connectivity index (χ0v) is 18.2. The van der Waals surface area contributed by atoms with E-state index in [1.165, 1.54) is 70.9 Å². The molecule has 0 amide bonds. The Hall–Kier alpha value is -0.380. The first-order valence-electron chi connectivity index (χ1n) is 12.2. The predicted octanol–water partition coefficient (Wildman–Crippen LogP) is 4.79. The van der Waals surface area contributed by atoms with Gasteiger partial charge in [-0.2, -0.15) is 0 Å². The Balaban J connectivity index is 1.25. The molecule has 4 fully saturated rings. The van der Waals surface area contributed by atoms with Gasteiger partial charge >= 0.3 is 0 Å². The fourth-order valence-electron chi connectivity index (χ4n) is 8.14. The Kier molecular flexibility index (Phi) is 5.17. The van der Waals surface area contributed by atoms with Crippen molar-refractivity contribution in [3.05, 3.63) is 11.6 Å². The fourth-order valence-corrected chi connectivity index (χ4v) is 8.14. The summed E-state index contributed by atoms with van der Waals surface area (Å²) in [5.74, 6) is 2.43. The highest BCUT2D eigenvalue weighted by molar-refractivity contribution is 5.25. The molecule has 1 N–H and O–H groups in total. The van der Waals surface area contributed by atoms with E-state index >= 15 is 0 Å². The van der Waals surface area contributed by atoms with Gasteiger partial charge in [0, 0.05) is 6.54 Å². The van der Waals surface area contributed by atoms with Gasteiger partial charge in [0.1, 0.15) is 0 Å². The summed E-state index contributed by atoms with van der Waals surface area (Å²) < 4.78 is 6.32. The highest BCUT2D eigenvalue weighted by Gasteiger charge is 2.58. The third kappa shape index (κ3) is 3.11. The van der Waals surface area contributed by atoms with E-state index in [0.717, 1.165) is 37.3 Å². The first-order chi connectivity index (χ1) is 13.5. The van der Waals surface area contributed by atoms with E-state index in [1.807, 2.05) is 0 Å². The Labute approximate surface area is 171 Å². The zero-order chi connectivity index (χ0) is 19.4. The van der Waals surface area contributed by atoms with Crippen molar-refractivity contribution in [1.82, 2.24) is 4.90 Å². The molecule has 3 heteroatoms. The van der Waals surface area contributed by atoms with E-state index in [4.69, 9.17) is 4.74 Å². The summed E-state index contributed by atoms with van der Waals surface area (Å²) >= 11 is 0. The Morgan fingerprint density at radius 1 is 1.04 bits per heavy atom. The Bertz CT molecular complexity index is 612. The van der Waals surface area contributed by atoms with Crippen LogP contribution >= 0.6 is 0 Å². The van der Waals surface area contributed by atoms with Gasteiger partial charge in [-0.25, -0.2) is 0 Å². The molecule has 28 heavy (non-hydrogen) atoms. The zero-order valence-electron chi connectivity index (χ0n) is 18.2. The molecule has 0 radical (unpaired) electrons. The number of nitrogens with zero attached hydrogens (tertiary/aromatic N) is 1. The molecule has 5 aliphatic rings. The normalized spacial score (nSPS) is 48.7. The minimum Gasteiger partial charge on any atom is -0.393 e. The molecule has 7 unspecified atom stereocenters. The number of hydrogen-bond acceptors (Lipinski definition) is 3. The maximum absolute atomic E-state index is 10.6. The largest absolute Gasteiger partial charge is 0.393 e. The molecule has 0 spiro atoms. The van der Waals surface area contributed by atoms with Crippen molar-refractivity contribution < 1.29 is 9.84 Å². The van der Waals surface area contributed by atoms with E-state index in [9.17, 15) is 5.11 Å². The van der Waals surface area contributed by atoms with Crippen LogP contribution in [0.5, 0.6) is 0 Å². The van der Waals surface area contributed by atoms with Crippen molar-refractivity contribution in [2.45, 2.75) is 90.3 Å². The van der Waals surface area contributed by atoms with Crippen molar-refractivity contribution in [1.29, 1.82) is 0 Å². The maximum atomic E-state index is 10.6. The Morgan fingerprint density at radius 2 is 1.86 bits per heavy atom. The molecule has 5 rings (SSSR count). The third-order valence-electron chi connectivity index (χ3n) is 9.96. The Morgan fingerprint density at radius 3 is 2.68 bits per heavy atom. The molecule has 3 nitrogen and oxygen atoms in total. The quantitative estimate of drug-likeness (QED) is 0.704. The molecule has 0 aromatic carbocycles. The number of likely N-dealkylation sites (tertiary alicyclic amines) is 1. The molecule has 3 saturated carbocycles. The van der Waals surface area contributed by atoms with Crippen LogP contribution in [-0.2, 0) is 4.74 Å². The van der Waals surface area contributed by atoms with Crippen LogP contribution in [0.1, 0.15) is 78.1 Å². The van der Waals surface area contributed by atoms with Crippen LogP contribution in [0.3, 0.4) is 0 Å². The summed E-state index contributed by atoms with van der Waals surface area (Å²) in [5, 5.41) is 10.6. The van der Waals surface area contributed by atoms with Crippen LogP contribution in [0, 0.1) is 28.6 Å². The second-order valence-electron chi connectivity index (χ2n) is 11.2. The molecule has 158 valence electrons. The predicted molar refractivity (Wildman–Crippen MR) is 113 cm³/mol. The molecular formula is C25H41NO2. The van der Waals surface area contributed by atoms with Gasteiger partial charge in [0.05, 0.1) is 18.8 Å². The summed E-state index contributed by atoms with van der Waals surface area (Å²) in [7, 11) is 0. The minimum atomic E-state index is -0.0528. The lowest BCUT2D eigenvalue weighted by Crippen LogP contribution is -2.51. The van der Waals surface area contributed by atoms with E-state index in [-0.39, 0.29) is 11.5 Å². The molecular weight excluding hydrogens is 346 g/mol. The van der Waals surface area contributed by atoms with Crippen molar-refractivity contribution in [3.63, 3.8) is 0 Å². The van der Waals surface area contributed by atoms with E-state index in [1.54, 1.807) is 5.57 Å². The highest BCUT2D eigenvalue weighted by Crippen LogP contribution is 2.65. The second kappa shape index (κ2) is 7.39. The first kappa shape index (κ1) is 19.6. The molecule has 0 aromatic heterocycles. The average molecular weight is 388 g/mol. The lowest BCUT2D eigenvalue weighted by atomic mass is 9.47. The van der Waals surface area contributed by atoms with Crippen molar-refractivity contribution in [2.75, 3.05) is 26.2 Å². The van der Waals surface area contributed by atoms with Gasteiger partial charge in [0.15, 0.2) is 0 Å². The van der Waals surface area contributed by atoms with Gasteiger partial charge < -0.3 is 14.7 Å². The second-order valence-corrected chi connectivity index (χ2v) is 11.2. The molecule has 0 bridgehead atoms. The number of ether oxygens (including phenoxy) is 1. The van der Waals surface area contributed by atoms with Gasteiger partial charge in [-0.05, 0) is 106 Å². The maximum Gasteiger partial charge on any atom is 0.0759 e. The van der Waals surface area contributed by atoms with Crippen molar-refractivity contribution in [3.8, 4) is 0 Å². The summed E-state index contributed by atoms with van der Waals surface area (Å²) in [6.45, 7) is 9.52. The van der Waals surface area contributed by atoms with Crippen LogP contribution in [0.2, 0.25) is 0 Å². The number of aliphatic hydroxyl groups is 1.